The maximum absolute atomic E-state index is 12.0. The number of anilines is 1. The number of amides is 1. The van der Waals surface area contributed by atoms with Crippen LogP contribution in [0.25, 0.3) is 0 Å². The molecule has 4 nitrogen and oxygen atoms in total. The first-order valence-corrected chi connectivity index (χ1v) is 7.14. The van der Waals surface area contributed by atoms with E-state index in [1.54, 1.807) is 18.2 Å². The minimum atomic E-state index is -0.408. The van der Waals surface area contributed by atoms with E-state index in [4.69, 9.17) is 4.74 Å². The lowest BCUT2D eigenvalue weighted by Crippen LogP contribution is -2.08. The van der Waals surface area contributed by atoms with Gasteiger partial charge in [0.25, 0.3) is 0 Å². The molecule has 5 heteroatoms. The Balaban J connectivity index is 2.02. The molecule has 2 aromatic carbocycles. The third-order valence-electron chi connectivity index (χ3n) is 2.73. The molecule has 0 spiro atoms. The molecule has 0 unspecified atom stereocenters. The molecule has 0 aliphatic carbocycles. The monoisotopic (exact) mass is 347 g/mol. The van der Waals surface area contributed by atoms with E-state index in [1.807, 2.05) is 30.3 Å². The van der Waals surface area contributed by atoms with Gasteiger partial charge in [-0.1, -0.05) is 30.3 Å². The van der Waals surface area contributed by atoms with Crippen LogP contribution in [0.1, 0.15) is 22.8 Å². The molecule has 0 saturated heterocycles. The number of nitrogens with one attached hydrogen (secondary N) is 1. The van der Waals surface area contributed by atoms with Crippen LogP contribution >= 0.6 is 15.9 Å². The molecule has 0 aromatic heterocycles. The summed E-state index contributed by atoms with van der Waals surface area (Å²) >= 11 is 3.32. The first-order valence-electron chi connectivity index (χ1n) is 6.34. The van der Waals surface area contributed by atoms with Gasteiger partial charge in [-0.2, -0.15) is 0 Å². The van der Waals surface area contributed by atoms with E-state index >= 15 is 0 Å². The molecule has 0 bridgehead atoms. The van der Waals surface area contributed by atoms with E-state index in [1.165, 1.54) is 6.92 Å². The second-order valence-corrected chi connectivity index (χ2v) is 5.29. The zero-order valence-corrected chi connectivity index (χ0v) is 13.0. The lowest BCUT2D eigenvalue weighted by atomic mass is 10.2. The van der Waals surface area contributed by atoms with Crippen molar-refractivity contribution >= 4 is 33.5 Å². The van der Waals surface area contributed by atoms with Crippen LogP contribution in [0.2, 0.25) is 0 Å². The van der Waals surface area contributed by atoms with Crippen LogP contribution in [0, 0.1) is 0 Å². The van der Waals surface area contributed by atoms with Crippen LogP contribution in [0.3, 0.4) is 0 Å². The highest BCUT2D eigenvalue weighted by atomic mass is 79.9. The fourth-order valence-corrected chi connectivity index (χ4v) is 2.22. The van der Waals surface area contributed by atoms with Gasteiger partial charge in [-0.3, -0.25) is 4.79 Å². The van der Waals surface area contributed by atoms with Crippen LogP contribution in [0.15, 0.2) is 53.0 Å². The van der Waals surface area contributed by atoms with Gasteiger partial charge < -0.3 is 10.1 Å². The predicted molar refractivity (Wildman–Crippen MR) is 84.0 cm³/mol. The third-order valence-corrected chi connectivity index (χ3v) is 3.38. The summed E-state index contributed by atoms with van der Waals surface area (Å²) in [5.41, 5.74) is 1.97. The van der Waals surface area contributed by atoms with Crippen LogP contribution < -0.4 is 5.32 Å². The van der Waals surface area contributed by atoms with Gasteiger partial charge in [0.05, 0.1) is 11.3 Å². The Morgan fingerprint density at radius 2 is 1.86 bits per heavy atom. The molecule has 0 atom stereocenters. The van der Waals surface area contributed by atoms with E-state index in [0.717, 1.165) is 5.56 Å². The molecule has 1 N–H and O–H groups in total. The van der Waals surface area contributed by atoms with Crippen molar-refractivity contribution in [3.8, 4) is 0 Å². The number of carbonyl (C=O) groups is 2. The zero-order valence-electron chi connectivity index (χ0n) is 11.4. The highest BCUT2D eigenvalue weighted by Gasteiger charge is 2.10. The number of hydrogen-bond donors (Lipinski definition) is 1. The molecule has 0 saturated carbocycles. The molecule has 0 fully saturated rings. The van der Waals surface area contributed by atoms with Crippen molar-refractivity contribution in [1.82, 2.24) is 0 Å². The van der Waals surface area contributed by atoms with E-state index in [0.29, 0.717) is 15.7 Å². The Morgan fingerprint density at radius 1 is 1.14 bits per heavy atom. The van der Waals surface area contributed by atoms with Gasteiger partial charge >= 0.3 is 5.97 Å². The molecule has 0 radical (unpaired) electrons. The SMILES string of the molecule is CC(=O)Nc1ccc(C(=O)OCc2ccccc2)cc1Br. The molecule has 108 valence electrons. The van der Waals surface area contributed by atoms with Gasteiger partial charge in [-0.25, -0.2) is 4.79 Å². The fraction of sp³-hybridized carbons (Fsp3) is 0.125. The minimum absolute atomic E-state index is 0.171. The van der Waals surface area contributed by atoms with E-state index in [2.05, 4.69) is 21.2 Å². The summed E-state index contributed by atoms with van der Waals surface area (Å²) in [4.78, 5) is 23.0. The molecule has 0 aliphatic rings. The van der Waals surface area contributed by atoms with Crippen molar-refractivity contribution in [2.24, 2.45) is 0 Å². The summed E-state index contributed by atoms with van der Waals surface area (Å²) in [5, 5.41) is 2.66. The average molecular weight is 348 g/mol. The maximum atomic E-state index is 12.0. The van der Waals surface area contributed by atoms with Crippen molar-refractivity contribution in [1.29, 1.82) is 0 Å². The molecule has 0 aliphatic heterocycles. The van der Waals surface area contributed by atoms with Gasteiger partial charge in [0.2, 0.25) is 5.91 Å². The van der Waals surface area contributed by atoms with Gasteiger partial charge in [0.1, 0.15) is 6.61 Å². The van der Waals surface area contributed by atoms with Gasteiger partial charge in [0.15, 0.2) is 0 Å². The van der Waals surface area contributed by atoms with Gasteiger partial charge in [-0.05, 0) is 39.7 Å². The predicted octanol–water partition coefficient (Wildman–Crippen LogP) is 3.76. The molecular formula is C16H14BrNO3. The Labute approximate surface area is 131 Å². The smallest absolute Gasteiger partial charge is 0.338 e. The van der Waals surface area contributed by atoms with Crippen LogP contribution in [0.4, 0.5) is 5.69 Å². The highest BCUT2D eigenvalue weighted by Crippen LogP contribution is 2.24. The highest BCUT2D eigenvalue weighted by molar-refractivity contribution is 9.10. The Morgan fingerprint density at radius 3 is 2.48 bits per heavy atom. The summed E-state index contributed by atoms with van der Waals surface area (Å²) in [7, 11) is 0. The van der Waals surface area contributed by atoms with Gasteiger partial charge in [0, 0.05) is 11.4 Å². The normalized spacial score (nSPS) is 10.0. The summed E-state index contributed by atoms with van der Waals surface area (Å²) < 4.78 is 5.87. The average Bonchev–Trinajstić information content (AvgIpc) is 2.47. The number of benzene rings is 2. The third kappa shape index (κ3) is 4.43. The lowest BCUT2D eigenvalue weighted by Gasteiger charge is -2.08. The zero-order chi connectivity index (χ0) is 15.2. The fourth-order valence-electron chi connectivity index (χ4n) is 1.74. The standard InChI is InChI=1S/C16H14BrNO3/c1-11(19)18-15-8-7-13(9-14(15)17)16(20)21-10-12-5-3-2-4-6-12/h2-9H,10H2,1H3,(H,18,19). The molecule has 1 amide bonds. The first kappa shape index (κ1) is 15.3. The van der Waals surface area contributed by atoms with Gasteiger partial charge in [-0.15, -0.1) is 0 Å². The number of esters is 1. The summed E-state index contributed by atoms with van der Waals surface area (Å²) in [6, 6.07) is 14.4. The minimum Gasteiger partial charge on any atom is -0.457 e. The second-order valence-electron chi connectivity index (χ2n) is 4.44. The number of hydrogen-bond acceptors (Lipinski definition) is 3. The van der Waals surface area contributed by atoms with Crippen molar-refractivity contribution in [2.75, 3.05) is 5.32 Å². The Kier molecular flexibility index (Phi) is 5.11. The molecule has 2 aromatic rings. The van der Waals surface area contributed by atoms with Crippen molar-refractivity contribution in [3.05, 3.63) is 64.1 Å². The molecule has 21 heavy (non-hydrogen) atoms. The maximum Gasteiger partial charge on any atom is 0.338 e. The summed E-state index contributed by atoms with van der Waals surface area (Å²) in [6.45, 7) is 1.65. The van der Waals surface area contributed by atoms with Crippen molar-refractivity contribution in [3.63, 3.8) is 0 Å². The van der Waals surface area contributed by atoms with E-state index in [9.17, 15) is 9.59 Å². The molecular weight excluding hydrogens is 334 g/mol. The lowest BCUT2D eigenvalue weighted by molar-refractivity contribution is -0.114. The van der Waals surface area contributed by atoms with Crippen molar-refractivity contribution < 1.29 is 14.3 Å². The largest absolute Gasteiger partial charge is 0.457 e. The van der Waals surface area contributed by atoms with Crippen molar-refractivity contribution in [2.45, 2.75) is 13.5 Å². The van der Waals surface area contributed by atoms with Crippen LogP contribution in [-0.4, -0.2) is 11.9 Å². The van der Waals surface area contributed by atoms with E-state index in [-0.39, 0.29) is 12.5 Å². The number of rotatable bonds is 4. The molecule has 0 heterocycles. The topological polar surface area (TPSA) is 55.4 Å². The number of halogens is 1. The van der Waals surface area contributed by atoms with Crippen LogP contribution in [-0.2, 0) is 16.1 Å². The Bertz CT molecular complexity index is 656. The quantitative estimate of drug-likeness (QED) is 0.856. The Hall–Kier alpha value is -2.14. The first-order chi connectivity index (χ1) is 10.1. The number of carbonyl (C=O) groups excluding carboxylic acids is 2. The van der Waals surface area contributed by atoms with E-state index < -0.39 is 5.97 Å². The summed E-state index contributed by atoms with van der Waals surface area (Å²) in [5.74, 6) is -0.580. The second kappa shape index (κ2) is 7.04. The number of ether oxygens (including phenoxy) is 1. The summed E-state index contributed by atoms with van der Waals surface area (Å²) in [6.07, 6.45) is 0. The molecule has 2 rings (SSSR count). The van der Waals surface area contributed by atoms with Crippen LogP contribution in [0.5, 0.6) is 0 Å².